The van der Waals surface area contributed by atoms with Crippen molar-refractivity contribution >= 4 is 88.7 Å². The average Bonchev–Trinajstić information content (AvgIpc) is 1.62. The summed E-state index contributed by atoms with van der Waals surface area (Å²) >= 11 is 16.9. The van der Waals surface area contributed by atoms with E-state index in [1.807, 2.05) is 0 Å². The Kier molecular flexibility index (Phi) is 39.8. The molecule has 794 valence electrons. The van der Waals surface area contributed by atoms with Gasteiger partial charge in [-0.3, -0.25) is 83.9 Å². The number of phosphoric ester groups is 2. The molecule has 6 aliphatic heterocycles. The predicted molar refractivity (Wildman–Crippen MR) is 497 cm³/mol. The monoisotopic (exact) mass is 2180 g/mol. The Balaban J connectivity index is 0.844. The number of ether oxygens (including phenoxy) is 16. The van der Waals surface area contributed by atoms with E-state index in [-0.39, 0.29) is 111 Å². The Morgan fingerprint density at radius 1 is 0.359 bits per heavy atom. The number of nitrogens with one attached hydrogen (secondary N) is 3. The van der Waals surface area contributed by atoms with Crippen LogP contribution >= 0.6 is 35.8 Å². The lowest BCUT2D eigenvalue weighted by atomic mass is 10.1. The zero-order chi connectivity index (χ0) is 104. The van der Waals surface area contributed by atoms with Gasteiger partial charge in [-0.1, -0.05) is 6.92 Å². The van der Waals surface area contributed by atoms with Crippen LogP contribution in [0.3, 0.4) is 0 Å². The first kappa shape index (κ1) is 114. The maximum absolute atomic E-state index is 15.3. The van der Waals surface area contributed by atoms with Gasteiger partial charge in [0.1, 0.15) is 115 Å². The number of anilines is 3. The van der Waals surface area contributed by atoms with Gasteiger partial charge in [0.15, 0.2) is 31.1 Å². The zero-order valence-corrected chi connectivity index (χ0v) is 85.2. The van der Waals surface area contributed by atoms with E-state index < -0.39 is 274 Å². The number of phosphoric acid groups is 2. The van der Waals surface area contributed by atoms with Crippen LogP contribution in [0.4, 0.5) is 17.5 Å². The minimum atomic E-state index is -5.98. The standard InChI is InChI=1S/C76H114N15O43P5S3/c1-13-42-43(24-49(124-42)86-25-36(2)60(77)80-71(86)96)130-137(106,140)122-34-47-52(57(116-21-16-111-10)67(128-47)87-26-37(3)61(78)81-72(87)97)132-135(102,103)119-32-45-51(56(115-20-15-110-9)68(126-45)90-29-40(6)64(94)84-75(90)100)131-136(104,105)120-33-46-53(58(117-22-17-112-11)69(127-46)88-27-38(4)62(79)82-73(88)98)133-139(108,142)123-35-48-54(59(118-23-18-113-12)70(129-48)91-30-41(7)65(95)85-76(91)101)134-138(107,141)121-31-44-50(92)55(114-19-14-109-8)66(125-44)89-28-39(5)63(93)83-74(89)99/h25-30,42-59,66-70,92H,13-24,31-35H2,1-12H3,(H,102,103)(H,104,105)(H,106,140)(H,107,141)(H,108,142)(H2,77,80,96)(H2,78,81,97)(H2,79,82,98)(H,83,93,99)(H,84,94,100)(H,85,95,101)/t42-,43-,44-,45-,46-,47-,48-,49-,50+,51+,52+,53+,54+,55?,56?,57?,58?,59?,66-,67-,68-,69-,70-,137?,138?,139?/m1/s1. The molecule has 142 heavy (non-hydrogen) atoms. The SMILES string of the molecule is CC[C@H]1O[C@@H](n2cc(C)c(N)nc2=O)C[C@H]1OP(O)(=S)OC[C@H]1O[C@@H](n2cc(C)c(N)nc2=O)C(OCCOC)[C@H]1OP(=O)(O)OC[C@H]1O[C@@H](n2cc(C)c(=O)[nH]c2=O)C(OCCOC)[C@H]1OP(=O)(O)OC[C@H]1O[C@@H](n2cc(C)c(N)nc2=O)C(OCCOC)[C@H]1OP(O)(=S)OC[C@H]1O[C@@H](n2cc(C)c(=O)[nH]c2=O)C(OCCOC)[C@H]1OP(O)(=S)OC[C@H]1O[C@@H](n2cc(C)c(=O)[nH]c2=O)C(OCCOC)[C@H]1O. The number of nitrogen functional groups attached to an aromatic ring is 3. The van der Waals surface area contributed by atoms with Crippen LogP contribution in [-0.2, 0) is 166 Å². The van der Waals surface area contributed by atoms with Gasteiger partial charge in [-0.2, -0.15) is 15.0 Å². The number of nitrogens with two attached hydrogens (primary N) is 3. The van der Waals surface area contributed by atoms with Gasteiger partial charge in [0, 0.05) is 113 Å². The maximum Gasteiger partial charge on any atom is 0.472 e. The lowest BCUT2D eigenvalue weighted by Crippen LogP contribution is -2.42. The summed E-state index contributed by atoms with van der Waals surface area (Å²) in [6, 6.07) is 0. The lowest BCUT2D eigenvalue weighted by Gasteiger charge is -2.30. The molecule has 0 aromatic carbocycles. The number of methoxy groups -OCH3 is 5. The van der Waals surface area contributed by atoms with Crippen molar-refractivity contribution in [1.82, 2.24) is 57.3 Å². The Labute approximate surface area is 820 Å². The molecular formula is C76H114N15O43P5S3. The molecule has 12 heterocycles. The molecule has 0 bridgehead atoms. The van der Waals surface area contributed by atoms with Crippen molar-refractivity contribution in [1.29, 1.82) is 0 Å². The topological polar surface area (TPSA) is 743 Å². The molecule has 15 N–H and O–H groups in total. The molecule has 6 fully saturated rings. The first-order chi connectivity index (χ1) is 67.1. The van der Waals surface area contributed by atoms with Gasteiger partial charge in [-0.15, -0.1) is 0 Å². The predicted octanol–water partition coefficient (Wildman–Crippen LogP) is -2.43. The molecule has 10 unspecified atom stereocenters. The van der Waals surface area contributed by atoms with Crippen molar-refractivity contribution in [2.45, 2.75) is 202 Å². The van der Waals surface area contributed by atoms with Crippen LogP contribution in [0.5, 0.6) is 0 Å². The number of hydrogen-bond donors (Lipinski definition) is 12. The van der Waals surface area contributed by atoms with Gasteiger partial charge in [0.2, 0.25) is 0 Å². The van der Waals surface area contributed by atoms with E-state index in [9.17, 15) is 72.7 Å². The van der Waals surface area contributed by atoms with Crippen molar-refractivity contribution in [2.75, 3.05) is 152 Å². The summed E-state index contributed by atoms with van der Waals surface area (Å²) < 4.78 is 191. The van der Waals surface area contributed by atoms with E-state index in [0.29, 0.717) is 5.56 Å². The first-order valence-electron chi connectivity index (χ1n) is 43.6. The largest absolute Gasteiger partial charge is 0.472 e. The van der Waals surface area contributed by atoms with Crippen molar-refractivity contribution < 1.29 is 160 Å². The van der Waals surface area contributed by atoms with Gasteiger partial charge in [0.05, 0.1) is 111 Å². The van der Waals surface area contributed by atoms with Crippen LogP contribution in [0, 0.1) is 41.5 Å². The Morgan fingerprint density at radius 2 is 0.627 bits per heavy atom. The van der Waals surface area contributed by atoms with Crippen LogP contribution in [0.25, 0.3) is 0 Å². The molecule has 12 rings (SSSR count). The highest BCUT2D eigenvalue weighted by molar-refractivity contribution is 8.07. The third-order valence-electron chi connectivity index (χ3n) is 23.0. The summed E-state index contributed by atoms with van der Waals surface area (Å²) in [4.78, 5) is 200. The second-order valence-corrected chi connectivity index (χ2v) is 44.1. The third-order valence-corrected chi connectivity index (χ3v) is 29.6. The molecule has 0 saturated carbocycles. The minimum Gasteiger partial charge on any atom is -0.387 e. The fourth-order valence-corrected chi connectivity index (χ4v) is 22.1. The summed E-state index contributed by atoms with van der Waals surface area (Å²) in [5.74, 6) is -0.457. The molecule has 6 aromatic heterocycles. The molecule has 66 heteroatoms. The minimum absolute atomic E-state index is 0.00459. The van der Waals surface area contributed by atoms with E-state index >= 15 is 9.13 Å². The molecule has 58 nitrogen and oxygen atoms in total. The highest BCUT2D eigenvalue weighted by Crippen LogP contribution is 2.58. The van der Waals surface area contributed by atoms with Crippen LogP contribution in [0.1, 0.15) is 90.5 Å². The molecule has 0 radical (unpaired) electrons. The molecule has 0 aliphatic carbocycles. The zero-order valence-electron chi connectivity index (χ0n) is 78.3. The molecular weight excluding hydrogens is 2060 g/mol. The number of hydrogen-bond acceptors (Lipinski definition) is 47. The average molecular weight is 2180 g/mol. The number of aliphatic hydroxyl groups excluding tert-OH is 1. The normalized spacial score (nSPS) is 29.4. The second kappa shape index (κ2) is 49.6. The summed E-state index contributed by atoms with van der Waals surface area (Å²) in [6.45, 7) is -11.9. The number of H-pyrrole nitrogens is 3. The lowest BCUT2D eigenvalue weighted by molar-refractivity contribution is -0.0853. The second-order valence-electron chi connectivity index (χ2n) is 32.9. The number of rotatable bonds is 52. The number of aromatic amines is 3. The van der Waals surface area contributed by atoms with Crippen molar-refractivity contribution in [3.63, 3.8) is 0 Å². The highest BCUT2D eigenvalue weighted by Gasteiger charge is 2.58. The molecule has 0 amide bonds. The van der Waals surface area contributed by atoms with Crippen molar-refractivity contribution in [3.05, 3.63) is 165 Å². The Morgan fingerprint density at radius 3 is 0.958 bits per heavy atom. The third kappa shape index (κ3) is 28.2. The summed E-state index contributed by atoms with van der Waals surface area (Å²) in [6.07, 6.45) is -31.0. The smallest absolute Gasteiger partial charge is 0.387 e. The molecule has 0 spiro atoms. The molecule has 28 atom stereocenters. The van der Waals surface area contributed by atoms with Gasteiger partial charge in [-0.05, 0) is 83.4 Å². The van der Waals surface area contributed by atoms with Crippen molar-refractivity contribution in [3.8, 4) is 0 Å². The van der Waals surface area contributed by atoms with Crippen LogP contribution in [0.2, 0.25) is 0 Å². The van der Waals surface area contributed by atoms with E-state index in [1.165, 1.54) is 99.5 Å². The fraction of sp³-hybridized carbons (Fsp3) is 0.684. The number of aryl methyl sites for hydroxylation is 6. The number of aromatic nitrogens is 12. The van der Waals surface area contributed by atoms with E-state index in [2.05, 4.69) is 29.9 Å². The summed E-state index contributed by atoms with van der Waals surface area (Å²) in [5.41, 5.74) is 10.3. The maximum atomic E-state index is 15.3. The fourth-order valence-electron chi connectivity index (χ4n) is 15.8. The summed E-state index contributed by atoms with van der Waals surface area (Å²) in [7, 11) is -5.25. The van der Waals surface area contributed by atoms with E-state index in [0.717, 1.165) is 35.2 Å². The molecule has 6 saturated heterocycles. The van der Waals surface area contributed by atoms with Crippen molar-refractivity contribution in [2.24, 2.45) is 0 Å². The number of nitrogens with zero attached hydrogens (tertiary/aromatic N) is 9. The van der Waals surface area contributed by atoms with Gasteiger partial charge in [0.25, 0.3) is 16.7 Å². The first-order valence-corrected chi connectivity index (χ1v) is 54.3. The quantitative estimate of drug-likeness (QED) is 0.0140. The highest BCUT2D eigenvalue weighted by atomic mass is 32.5. The van der Waals surface area contributed by atoms with E-state index in [4.69, 9.17) is 174 Å². The van der Waals surface area contributed by atoms with E-state index in [1.54, 1.807) is 13.8 Å². The summed E-state index contributed by atoms with van der Waals surface area (Å²) in [5, 5.41) is 11.8. The molecule has 6 aromatic rings. The Hall–Kier alpha value is -6.79. The van der Waals surface area contributed by atoms with Crippen LogP contribution in [-0.4, -0.2) is 325 Å². The van der Waals surface area contributed by atoms with Gasteiger partial charge >= 0.3 is 69.9 Å². The Bertz CT molecular complexity index is 6220. The van der Waals surface area contributed by atoms with Crippen LogP contribution < -0.4 is 68.0 Å². The van der Waals surface area contributed by atoms with Gasteiger partial charge in [-0.25, -0.2) is 37.9 Å². The number of aliphatic hydroxyl groups is 1. The molecule has 6 aliphatic rings. The van der Waals surface area contributed by atoms with Crippen LogP contribution in [0.15, 0.2) is 80.3 Å². The van der Waals surface area contributed by atoms with Gasteiger partial charge < -0.3 is 141 Å².